The van der Waals surface area contributed by atoms with Gasteiger partial charge in [-0.25, -0.2) is 4.79 Å². The Morgan fingerprint density at radius 1 is 0.821 bits per heavy atom. The number of Topliss-reactive ketones (excluding diaryl/α,β-unsaturated/α-hetero) is 2. The number of fused-ring (bicyclic) bond motifs is 1. The fourth-order valence-corrected chi connectivity index (χ4v) is 3.19. The summed E-state index contributed by atoms with van der Waals surface area (Å²) in [5, 5.41) is 9.08. The van der Waals surface area contributed by atoms with Crippen LogP contribution in [0.4, 0.5) is 5.69 Å². The average Bonchev–Trinajstić information content (AvgIpc) is 2.65. The molecule has 0 unspecified atom stereocenters. The first-order chi connectivity index (χ1) is 13.2. The van der Waals surface area contributed by atoms with Crippen LogP contribution in [0, 0.1) is 0 Å². The Morgan fingerprint density at radius 3 is 1.75 bits per heavy atom. The second-order valence-electron chi connectivity index (χ2n) is 6.50. The molecular formula is C21H18N2O5. The summed E-state index contributed by atoms with van der Waals surface area (Å²) in [7, 11) is 3.25. The molecule has 0 bridgehead atoms. The van der Waals surface area contributed by atoms with E-state index in [1.54, 1.807) is 38.4 Å². The van der Waals surface area contributed by atoms with Gasteiger partial charge in [0.25, 0.3) is 0 Å². The highest BCUT2D eigenvalue weighted by Gasteiger charge is 2.38. The molecule has 0 fully saturated rings. The molecule has 0 saturated heterocycles. The number of benzene rings is 2. The van der Waals surface area contributed by atoms with Crippen LogP contribution >= 0.6 is 0 Å². The molecule has 7 nitrogen and oxygen atoms in total. The number of carboxylic acid groups (broad SMARTS) is 1. The van der Waals surface area contributed by atoms with Crippen molar-refractivity contribution in [3.05, 3.63) is 76.6 Å². The van der Waals surface area contributed by atoms with Crippen molar-refractivity contribution >= 4 is 29.1 Å². The molecule has 3 rings (SSSR count). The molecule has 1 amide bonds. The Morgan fingerprint density at radius 2 is 1.32 bits per heavy atom. The molecular weight excluding hydrogens is 360 g/mol. The minimum atomic E-state index is -1.10. The van der Waals surface area contributed by atoms with Crippen LogP contribution in [0.25, 0.3) is 0 Å². The van der Waals surface area contributed by atoms with Gasteiger partial charge in [0.05, 0.1) is 5.56 Å². The fraction of sp³-hybridized carbons (Fsp3) is 0.143. The number of nitrogens with zero attached hydrogens (tertiary/aromatic N) is 2. The van der Waals surface area contributed by atoms with Crippen LogP contribution in [-0.4, -0.2) is 47.5 Å². The second-order valence-corrected chi connectivity index (χ2v) is 6.50. The topological polar surface area (TPSA) is 95.0 Å². The van der Waals surface area contributed by atoms with Crippen molar-refractivity contribution in [2.45, 2.75) is 6.92 Å². The number of hydrogen-bond donors (Lipinski definition) is 1. The SMILES string of the molecule is CC(=O)N(C1=C(N(C)C)C(=O)c2ccccc2C1=O)c1ccc(C(=O)O)cc1. The Bertz CT molecular complexity index is 1040. The van der Waals surface area contributed by atoms with Crippen LogP contribution < -0.4 is 4.90 Å². The van der Waals surface area contributed by atoms with E-state index in [4.69, 9.17) is 5.11 Å². The predicted molar refractivity (Wildman–Crippen MR) is 102 cm³/mol. The molecule has 0 spiro atoms. The molecule has 0 aromatic heterocycles. The summed E-state index contributed by atoms with van der Waals surface area (Å²) in [4.78, 5) is 52.5. The first-order valence-electron chi connectivity index (χ1n) is 8.48. The summed E-state index contributed by atoms with van der Waals surface area (Å²) in [5.74, 6) is -2.38. The van der Waals surface area contributed by atoms with Gasteiger partial charge in [0.15, 0.2) is 0 Å². The quantitative estimate of drug-likeness (QED) is 0.879. The van der Waals surface area contributed by atoms with Gasteiger partial charge in [0, 0.05) is 37.8 Å². The molecule has 2 aromatic carbocycles. The van der Waals surface area contributed by atoms with E-state index in [2.05, 4.69) is 0 Å². The van der Waals surface area contributed by atoms with Gasteiger partial charge in [-0.3, -0.25) is 19.3 Å². The molecule has 142 valence electrons. The first kappa shape index (κ1) is 19.0. The van der Waals surface area contributed by atoms with Crippen molar-refractivity contribution in [2.24, 2.45) is 0 Å². The number of rotatable bonds is 4. The van der Waals surface area contributed by atoms with E-state index in [0.29, 0.717) is 5.69 Å². The maximum atomic E-state index is 13.2. The van der Waals surface area contributed by atoms with Gasteiger partial charge >= 0.3 is 5.97 Å². The Labute approximate surface area is 161 Å². The molecule has 0 aliphatic heterocycles. The number of anilines is 1. The summed E-state index contributed by atoms with van der Waals surface area (Å²) < 4.78 is 0. The lowest BCUT2D eigenvalue weighted by atomic mass is 9.89. The summed E-state index contributed by atoms with van der Waals surface area (Å²) in [6.07, 6.45) is 0. The lowest BCUT2D eigenvalue weighted by Gasteiger charge is -2.31. The number of ketones is 2. The largest absolute Gasteiger partial charge is 0.478 e. The minimum Gasteiger partial charge on any atom is -0.478 e. The first-order valence-corrected chi connectivity index (χ1v) is 8.48. The van der Waals surface area contributed by atoms with Gasteiger partial charge in [-0.1, -0.05) is 24.3 Å². The van der Waals surface area contributed by atoms with Crippen LogP contribution in [0.3, 0.4) is 0 Å². The smallest absolute Gasteiger partial charge is 0.335 e. The van der Waals surface area contributed by atoms with Gasteiger partial charge in [-0.05, 0) is 24.3 Å². The molecule has 0 atom stereocenters. The van der Waals surface area contributed by atoms with Gasteiger partial charge in [0.1, 0.15) is 11.4 Å². The third kappa shape index (κ3) is 3.07. The number of carboxylic acids is 1. The van der Waals surface area contributed by atoms with Gasteiger partial charge < -0.3 is 10.0 Å². The zero-order valence-corrected chi connectivity index (χ0v) is 15.6. The third-order valence-corrected chi connectivity index (χ3v) is 4.43. The molecule has 2 aromatic rings. The van der Waals surface area contributed by atoms with Crippen LogP contribution in [0.1, 0.15) is 38.0 Å². The summed E-state index contributed by atoms with van der Waals surface area (Å²) in [5.41, 5.74) is 0.898. The number of allylic oxidation sites excluding steroid dienone is 2. The molecule has 0 saturated carbocycles. The zero-order valence-electron chi connectivity index (χ0n) is 15.6. The van der Waals surface area contributed by atoms with E-state index >= 15 is 0 Å². The van der Waals surface area contributed by atoms with Crippen molar-refractivity contribution < 1.29 is 24.3 Å². The van der Waals surface area contributed by atoms with Gasteiger partial charge in [0.2, 0.25) is 17.5 Å². The molecule has 0 radical (unpaired) electrons. The number of carbonyl (C=O) groups is 4. The number of hydrogen-bond acceptors (Lipinski definition) is 5. The van der Waals surface area contributed by atoms with Gasteiger partial charge in [-0.15, -0.1) is 0 Å². The fourth-order valence-electron chi connectivity index (χ4n) is 3.19. The van der Waals surface area contributed by atoms with Crippen molar-refractivity contribution in [1.82, 2.24) is 4.90 Å². The molecule has 1 aliphatic carbocycles. The van der Waals surface area contributed by atoms with Crippen LogP contribution in [0.15, 0.2) is 59.9 Å². The van der Waals surface area contributed by atoms with E-state index < -0.39 is 17.7 Å². The third-order valence-electron chi connectivity index (χ3n) is 4.43. The predicted octanol–water partition coefficient (Wildman–Crippen LogP) is 2.59. The highest BCUT2D eigenvalue weighted by molar-refractivity contribution is 6.29. The normalized spacial score (nSPS) is 13.2. The van der Waals surface area contributed by atoms with Crippen molar-refractivity contribution in [3.8, 4) is 0 Å². The summed E-state index contributed by atoms with van der Waals surface area (Å²) in [6.45, 7) is 1.28. The van der Waals surface area contributed by atoms with Gasteiger partial charge in [-0.2, -0.15) is 0 Å². The maximum absolute atomic E-state index is 13.2. The summed E-state index contributed by atoms with van der Waals surface area (Å²) in [6, 6.07) is 12.0. The number of aromatic carboxylic acids is 1. The number of likely N-dealkylation sites (N-methyl/N-ethyl adjacent to an activating group) is 1. The van der Waals surface area contributed by atoms with E-state index in [-0.39, 0.29) is 33.9 Å². The van der Waals surface area contributed by atoms with E-state index in [0.717, 1.165) is 4.90 Å². The van der Waals surface area contributed by atoms with Crippen LogP contribution in [0.2, 0.25) is 0 Å². The monoisotopic (exact) mass is 378 g/mol. The molecule has 1 aliphatic rings. The Hall–Kier alpha value is -3.74. The van der Waals surface area contributed by atoms with Crippen LogP contribution in [0.5, 0.6) is 0 Å². The average molecular weight is 378 g/mol. The van der Waals surface area contributed by atoms with Crippen molar-refractivity contribution in [1.29, 1.82) is 0 Å². The number of amides is 1. The molecule has 0 heterocycles. The highest BCUT2D eigenvalue weighted by Crippen LogP contribution is 2.32. The summed E-state index contributed by atoms with van der Waals surface area (Å²) >= 11 is 0. The standard InChI is InChI=1S/C21H18N2O5/c1-12(24)23(14-10-8-13(9-11-14)21(27)28)18-17(22(2)3)19(25)15-6-4-5-7-16(15)20(18)26/h4-11H,1-3H3,(H,27,28). The molecule has 28 heavy (non-hydrogen) atoms. The zero-order chi connectivity index (χ0) is 20.6. The van der Waals surface area contributed by atoms with Crippen molar-refractivity contribution in [2.75, 3.05) is 19.0 Å². The van der Waals surface area contributed by atoms with E-state index in [1.807, 2.05) is 0 Å². The Kier molecular flexibility index (Phi) is 4.83. The van der Waals surface area contributed by atoms with E-state index in [9.17, 15) is 19.2 Å². The number of carbonyl (C=O) groups excluding carboxylic acids is 3. The molecule has 7 heteroatoms. The Balaban J connectivity index is 2.24. The van der Waals surface area contributed by atoms with Crippen molar-refractivity contribution in [3.63, 3.8) is 0 Å². The van der Waals surface area contributed by atoms with E-state index in [1.165, 1.54) is 36.1 Å². The lowest BCUT2D eigenvalue weighted by Crippen LogP contribution is -2.40. The maximum Gasteiger partial charge on any atom is 0.335 e. The lowest BCUT2D eigenvalue weighted by molar-refractivity contribution is -0.116. The minimum absolute atomic E-state index is 0.0467. The molecule has 1 N–H and O–H groups in total. The highest BCUT2D eigenvalue weighted by atomic mass is 16.4. The second kappa shape index (κ2) is 7.11. The van der Waals surface area contributed by atoms with Crippen LogP contribution in [-0.2, 0) is 4.79 Å².